The quantitative estimate of drug-likeness (QED) is 0.382. The molecule has 0 bridgehead atoms. The van der Waals surface area contributed by atoms with E-state index in [0.717, 1.165) is 29.9 Å². The fourth-order valence-electron chi connectivity index (χ4n) is 3.15. The number of nitrogens with zero attached hydrogens (tertiary/aromatic N) is 3. The van der Waals surface area contributed by atoms with Gasteiger partial charge in [-0.15, -0.1) is 10.2 Å². The minimum Gasteiger partial charge on any atom is -0.435 e. The van der Waals surface area contributed by atoms with Crippen molar-refractivity contribution in [2.24, 2.45) is 0 Å². The number of carbonyl (C=O) groups is 1. The minimum atomic E-state index is -2.85. The molecule has 0 saturated heterocycles. The van der Waals surface area contributed by atoms with Gasteiger partial charge in [-0.3, -0.25) is 4.79 Å². The van der Waals surface area contributed by atoms with E-state index in [1.165, 1.54) is 23.9 Å². The summed E-state index contributed by atoms with van der Waals surface area (Å²) < 4.78 is 34.3. The van der Waals surface area contributed by atoms with Gasteiger partial charge in [-0.2, -0.15) is 8.78 Å². The lowest BCUT2D eigenvalue weighted by Gasteiger charge is -2.20. The van der Waals surface area contributed by atoms with Crippen LogP contribution in [0.25, 0.3) is 11.5 Å². The Hall–Kier alpha value is -3.14. The molecule has 7 nitrogen and oxygen atoms in total. The molecule has 1 amide bonds. The van der Waals surface area contributed by atoms with Crippen molar-refractivity contribution in [2.75, 3.05) is 30.3 Å². The molecule has 3 aromatic rings. The largest absolute Gasteiger partial charge is 0.435 e. The first-order chi connectivity index (χ1) is 16.0. The Morgan fingerprint density at radius 1 is 1.09 bits per heavy atom. The number of benzene rings is 2. The number of nitrogens with one attached hydrogen (secondary N) is 1. The van der Waals surface area contributed by atoms with Gasteiger partial charge in [0.25, 0.3) is 5.22 Å². The van der Waals surface area contributed by atoms with E-state index in [2.05, 4.69) is 39.0 Å². The van der Waals surface area contributed by atoms with Crippen LogP contribution in [0.3, 0.4) is 0 Å². The third-order valence-corrected chi connectivity index (χ3v) is 5.68. The van der Waals surface area contributed by atoms with Gasteiger partial charge in [0, 0.05) is 30.9 Å². The van der Waals surface area contributed by atoms with Crippen molar-refractivity contribution < 1.29 is 22.7 Å². The second-order valence-electron chi connectivity index (χ2n) is 7.00. The van der Waals surface area contributed by atoms with Crippen molar-refractivity contribution in [1.82, 2.24) is 15.5 Å². The minimum absolute atomic E-state index is 0.105. The van der Waals surface area contributed by atoms with Gasteiger partial charge in [-0.1, -0.05) is 23.9 Å². The van der Waals surface area contributed by atoms with E-state index in [1.54, 1.807) is 12.1 Å². The highest BCUT2D eigenvalue weighted by Gasteiger charge is 2.12. The standard InChI is InChI=1S/C23H26F2N4O3S/c1-3-29(4-2)18-9-7-17(8-10-18)21-27-28-23(32-21)33-15-20(30)26-14-13-16-5-11-19(12-6-16)31-22(24)25/h5-12,22H,3-4,13-15H2,1-2H3,(H,26,30). The number of hydrogen-bond acceptors (Lipinski definition) is 7. The van der Waals surface area contributed by atoms with Crippen LogP contribution in [0, 0.1) is 0 Å². The Balaban J connectivity index is 1.42. The van der Waals surface area contributed by atoms with E-state index in [1.807, 2.05) is 24.3 Å². The summed E-state index contributed by atoms with van der Waals surface area (Å²) in [5, 5.41) is 11.2. The third-order valence-electron chi connectivity index (χ3n) is 4.86. The molecule has 2 aromatic carbocycles. The van der Waals surface area contributed by atoms with Crippen molar-refractivity contribution in [3.05, 3.63) is 54.1 Å². The molecule has 0 spiro atoms. The summed E-state index contributed by atoms with van der Waals surface area (Å²) in [5.74, 6) is 0.487. The summed E-state index contributed by atoms with van der Waals surface area (Å²) >= 11 is 1.17. The summed E-state index contributed by atoms with van der Waals surface area (Å²) in [5.41, 5.74) is 2.85. The third kappa shape index (κ3) is 7.45. The van der Waals surface area contributed by atoms with Crippen LogP contribution in [0.5, 0.6) is 5.75 Å². The molecule has 0 saturated carbocycles. The number of amides is 1. The molecule has 0 radical (unpaired) electrons. The van der Waals surface area contributed by atoms with Crippen LogP contribution in [-0.2, 0) is 11.2 Å². The average Bonchev–Trinajstić information content (AvgIpc) is 3.29. The van der Waals surface area contributed by atoms with Gasteiger partial charge in [0.1, 0.15) is 5.75 Å². The molecule has 1 N–H and O–H groups in total. The zero-order chi connectivity index (χ0) is 23.6. The first-order valence-corrected chi connectivity index (χ1v) is 11.6. The number of hydrogen-bond donors (Lipinski definition) is 1. The van der Waals surface area contributed by atoms with E-state index in [0.29, 0.717) is 24.1 Å². The van der Waals surface area contributed by atoms with E-state index < -0.39 is 6.61 Å². The van der Waals surface area contributed by atoms with Gasteiger partial charge in [-0.25, -0.2) is 0 Å². The smallest absolute Gasteiger partial charge is 0.387 e. The van der Waals surface area contributed by atoms with E-state index in [-0.39, 0.29) is 17.4 Å². The topological polar surface area (TPSA) is 80.5 Å². The molecular weight excluding hydrogens is 450 g/mol. The van der Waals surface area contributed by atoms with Gasteiger partial charge in [0.2, 0.25) is 11.8 Å². The van der Waals surface area contributed by atoms with Crippen molar-refractivity contribution in [1.29, 1.82) is 0 Å². The monoisotopic (exact) mass is 476 g/mol. The number of carbonyl (C=O) groups excluding carboxylic acids is 1. The fourth-order valence-corrected chi connectivity index (χ4v) is 3.74. The lowest BCUT2D eigenvalue weighted by molar-refractivity contribution is -0.118. The number of ether oxygens (including phenoxy) is 1. The van der Waals surface area contributed by atoms with Gasteiger partial charge in [0.15, 0.2) is 0 Å². The maximum atomic E-state index is 12.2. The Labute approximate surface area is 195 Å². The van der Waals surface area contributed by atoms with Crippen LogP contribution in [0.1, 0.15) is 19.4 Å². The van der Waals surface area contributed by atoms with Crippen molar-refractivity contribution in [2.45, 2.75) is 32.1 Å². The maximum absolute atomic E-state index is 12.2. The Bertz CT molecular complexity index is 1010. The van der Waals surface area contributed by atoms with Crippen LogP contribution >= 0.6 is 11.8 Å². The number of halogens is 2. The maximum Gasteiger partial charge on any atom is 0.387 e. The van der Waals surface area contributed by atoms with Gasteiger partial charge in [-0.05, 0) is 62.2 Å². The lowest BCUT2D eigenvalue weighted by Crippen LogP contribution is -2.27. The SMILES string of the molecule is CCN(CC)c1ccc(-c2nnc(SCC(=O)NCCc3ccc(OC(F)F)cc3)o2)cc1. The molecule has 1 aromatic heterocycles. The van der Waals surface area contributed by atoms with Gasteiger partial charge < -0.3 is 19.4 Å². The number of anilines is 1. The fraction of sp³-hybridized carbons (Fsp3) is 0.348. The molecule has 0 aliphatic rings. The molecule has 3 rings (SSSR count). The molecule has 0 aliphatic carbocycles. The number of aromatic nitrogens is 2. The predicted octanol–water partition coefficient (Wildman–Crippen LogP) is 4.64. The van der Waals surface area contributed by atoms with Crippen LogP contribution in [0.15, 0.2) is 58.2 Å². The van der Waals surface area contributed by atoms with Crippen molar-refractivity contribution >= 4 is 23.4 Å². The van der Waals surface area contributed by atoms with Crippen LogP contribution < -0.4 is 15.0 Å². The Kier molecular flexibility index (Phi) is 9.05. The summed E-state index contributed by atoms with van der Waals surface area (Å²) in [4.78, 5) is 14.3. The molecule has 0 atom stereocenters. The Morgan fingerprint density at radius 2 is 1.79 bits per heavy atom. The molecule has 0 fully saturated rings. The summed E-state index contributed by atoms with van der Waals surface area (Å²) in [6.45, 7) is 3.66. The normalized spacial score (nSPS) is 10.9. The second-order valence-corrected chi connectivity index (χ2v) is 7.93. The van der Waals surface area contributed by atoms with E-state index >= 15 is 0 Å². The molecule has 33 heavy (non-hydrogen) atoms. The average molecular weight is 477 g/mol. The molecule has 1 heterocycles. The molecule has 176 valence electrons. The Morgan fingerprint density at radius 3 is 2.42 bits per heavy atom. The first kappa shape index (κ1) is 24.5. The highest BCUT2D eigenvalue weighted by atomic mass is 32.2. The highest BCUT2D eigenvalue weighted by Crippen LogP contribution is 2.25. The number of thioether (sulfide) groups is 1. The molecule has 0 unspecified atom stereocenters. The van der Waals surface area contributed by atoms with Crippen LogP contribution in [-0.4, -0.2) is 48.1 Å². The second kappa shape index (κ2) is 12.2. The van der Waals surface area contributed by atoms with E-state index in [4.69, 9.17) is 4.42 Å². The predicted molar refractivity (Wildman–Crippen MR) is 124 cm³/mol. The van der Waals surface area contributed by atoms with Gasteiger partial charge in [0.05, 0.1) is 5.75 Å². The zero-order valence-electron chi connectivity index (χ0n) is 18.5. The molecular formula is C23H26F2N4O3S. The first-order valence-electron chi connectivity index (χ1n) is 10.6. The summed E-state index contributed by atoms with van der Waals surface area (Å²) in [6.07, 6.45) is 0.569. The number of rotatable bonds is 12. The van der Waals surface area contributed by atoms with Crippen molar-refractivity contribution in [3.8, 4) is 17.2 Å². The van der Waals surface area contributed by atoms with Crippen LogP contribution in [0.4, 0.5) is 14.5 Å². The van der Waals surface area contributed by atoms with Crippen LogP contribution in [0.2, 0.25) is 0 Å². The molecule has 10 heteroatoms. The highest BCUT2D eigenvalue weighted by molar-refractivity contribution is 7.99. The van der Waals surface area contributed by atoms with E-state index in [9.17, 15) is 13.6 Å². The summed E-state index contributed by atoms with van der Waals surface area (Å²) in [7, 11) is 0. The van der Waals surface area contributed by atoms with Gasteiger partial charge >= 0.3 is 6.61 Å². The van der Waals surface area contributed by atoms with Crippen molar-refractivity contribution in [3.63, 3.8) is 0 Å². The zero-order valence-corrected chi connectivity index (χ0v) is 19.3. The summed E-state index contributed by atoms with van der Waals surface area (Å²) in [6, 6.07) is 14.2. The number of alkyl halides is 2. The molecule has 0 aliphatic heterocycles. The lowest BCUT2D eigenvalue weighted by atomic mass is 10.1.